The van der Waals surface area contributed by atoms with Crippen molar-refractivity contribution in [2.24, 2.45) is 5.10 Å². The number of rotatable bonds is 9. The van der Waals surface area contributed by atoms with Crippen LogP contribution in [0.2, 0.25) is 0 Å². The Kier molecular flexibility index (Phi) is 8.14. The Labute approximate surface area is 169 Å². The summed E-state index contributed by atoms with van der Waals surface area (Å²) in [4.78, 5) is 25.9. The van der Waals surface area contributed by atoms with Crippen molar-refractivity contribution in [3.05, 3.63) is 53.8 Å². The second kappa shape index (κ2) is 10.8. The van der Waals surface area contributed by atoms with Gasteiger partial charge in [0, 0.05) is 36.1 Å². The number of nitrogens with one attached hydrogen (secondary N) is 2. The molecule has 0 aliphatic carbocycles. The second-order valence-corrected chi connectivity index (χ2v) is 6.12. The lowest BCUT2D eigenvalue weighted by molar-refractivity contribution is -0.126. The van der Waals surface area contributed by atoms with Gasteiger partial charge in [-0.3, -0.25) is 9.59 Å². The summed E-state index contributed by atoms with van der Waals surface area (Å²) in [5.74, 6) is -0.873. The molecule has 0 aliphatic rings. The third-order valence-corrected chi connectivity index (χ3v) is 4.19. The standard InChI is InChI=1S/C21H25FN4O3/c1-4-26(5-2)18-11-6-15(19(12-18)29-3)14-23-25-21(28)13-20(27)24-17-9-7-16(22)8-10-17/h6-12,14H,4-5,13H2,1-3H3,(H,24,27)(H,25,28). The summed E-state index contributed by atoms with van der Waals surface area (Å²) in [6, 6.07) is 11.0. The van der Waals surface area contributed by atoms with E-state index in [0.29, 0.717) is 17.0 Å². The van der Waals surface area contributed by atoms with Gasteiger partial charge in [0.05, 0.1) is 13.3 Å². The molecule has 0 spiro atoms. The minimum atomic E-state index is -0.570. The number of hydrogen-bond donors (Lipinski definition) is 2. The van der Waals surface area contributed by atoms with E-state index >= 15 is 0 Å². The first kappa shape index (κ1) is 21.9. The molecule has 0 aromatic heterocycles. The zero-order chi connectivity index (χ0) is 21.2. The van der Waals surface area contributed by atoms with Crippen LogP contribution in [0.3, 0.4) is 0 Å². The van der Waals surface area contributed by atoms with Gasteiger partial charge < -0.3 is 15.0 Å². The third-order valence-electron chi connectivity index (χ3n) is 4.19. The average Bonchev–Trinajstić information content (AvgIpc) is 2.71. The maximum absolute atomic E-state index is 12.9. The van der Waals surface area contributed by atoms with Gasteiger partial charge >= 0.3 is 0 Å². The molecule has 0 atom stereocenters. The van der Waals surface area contributed by atoms with Crippen LogP contribution in [0.1, 0.15) is 25.8 Å². The molecule has 0 unspecified atom stereocenters. The Balaban J connectivity index is 1.92. The maximum atomic E-state index is 12.9. The lowest BCUT2D eigenvalue weighted by Crippen LogP contribution is -2.24. The molecule has 2 amide bonds. The molecule has 2 rings (SSSR count). The van der Waals surface area contributed by atoms with Gasteiger partial charge in [-0.15, -0.1) is 0 Å². The van der Waals surface area contributed by atoms with Crippen LogP contribution in [-0.2, 0) is 9.59 Å². The highest BCUT2D eigenvalue weighted by molar-refractivity contribution is 6.03. The summed E-state index contributed by atoms with van der Waals surface area (Å²) in [5.41, 5.74) is 4.45. The van der Waals surface area contributed by atoms with Crippen molar-refractivity contribution in [3.63, 3.8) is 0 Å². The largest absolute Gasteiger partial charge is 0.496 e. The number of methoxy groups -OCH3 is 1. The number of benzene rings is 2. The van der Waals surface area contributed by atoms with E-state index in [4.69, 9.17) is 4.74 Å². The fourth-order valence-electron chi connectivity index (χ4n) is 2.69. The minimum absolute atomic E-state index is 0.407. The normalized spacial score (nSPS) is 10.6. The first-order valence-corrected chi connectivity index (χ1v) is 9.27. The van der Waals surface area contributed by atoms with Crippen LogP contribution in [0.4, 0.5) is 15.8 Å². The maximum Gasteiger partial charge on any atom is 0.249 e. The number of nitrogens with zero attached hydrogens (tertiary/aromatic N) is 2. The molecule has 7 nitrogen and oxygen atoms in total. The lowest BCUT2D eigenvalue weighted by atomic mass is 10.2. The zero-order valence-electron chi connectivity index (χ0n) is 16.7. The van der Waals surface area contributed by atoms with E-state index in [2.05, 4.69) is 34.6 Å². The van der Waals surface area contributed by atoms with Gasteiger partial charge in [0.2, 0.25) is 11.8 Å². The van der Waals surface area contributed by atoms with Crippen molar-refractivity contribution in [2.75, 3.05) is 30.4 Å². The summed E-state index contributed by atoms with van der Waals surface area (Å²) in [5, 5.41) is 6.40. The smallest absolute Gasteiger partial charge is 0.249 e. The highest BCUT2D eigenvalue weighted by Gasteiger charge is 2.10. The molecule has 0 saturated heterocycles. The highest BCUT2D eigenvalue weighted by Crippen LogP contribution is 2.24. The molecule has 0 aliphatic heterocycles. The first-order chi connectivity index (χ1) is 14.0. The minimum Gasteiger partial charge on any atom is -0.496 e. The lowest BCUT2D eigenvalue weighted by Gasteiger charge is -2.21. The Morgan fingerprint density at radius 1 is 1.10 bits per heavy atom. The fourth-order valence-corrected chi connectivity index (χ4v) is 2.69. The molecular weight excluding hydrogens is 375 g/mol. The predicted octanol–water partition coefficient (Wildman–Crippen LogP) is 3.16. The molecule has 0 saturated carbocycles. The van der Waals surface area contributed by atoms with Crippen molar-refractivity contribution in [2.45, 2.75) is 20.3 Å². The van der Waals surface area contributed by atoms with Crippen molar-refractivity contribution in [3.8, 4) is 5.75 Å². The van der Waals surface area contributed by atoms with Crippen molar-refractivity contribution in [1.29, 1.82) is 0 Å². The SMILES string of the molecule is CCN(CC)c1ccc(C=NNC(=O)CC(=O)Nc2ccc(F)cc2)c(OC)c1. The molecule has 0 heterocycles. The van der Waals surface area contributed by atoms with E-state index < -0.39 is 24.1 Å². The van der Waals surface area contributed by atoms with E-state index in [1.807, 2.05) is 18.2 Å². The summed E-state index contributed by atoms with van der Waals surface area (Å²) in [6.45, 7) is 5.91. The molecule has 29 heavy (non-hydrogen) atoms. The van der Waals surface area contributed by atoms with Gasteiger partial charge in [0.1, 0.15) is 18.0 Å². The Hall–Kier alpha value is -3.42. The molecule has 0 radical (unpaired) electrons. The van der Waals surface area contributed by atoms with Crippen LogP contribution in [0, 0.1) is 5.82 Å². The Bertz CT molecular complexity index is 865. The van der Waals surface area contributed by atoms with Gasteiger partial charge in [-0.1, -0.05) is 0 Å². The van der Waals surface area contributed by atoms with Crippen molar-refractivity contribution in [1.82, 2.24) is 5.43 Å². The molecule has 0 bridgehead atoms. The number of hydrazone groups is 1. The molecule has 154 valence electrons. The van der Waals surface area contributed by atoms with E-state index in [1.54, 1.807) is 7.11 Å². The Morgan fingerprint density at radius 2 is 1.79 bits per heavy atom. The van der Waals surface area contributed by atoms with E-state index in [9.17, 15) is 14.0 Å². The van der Waals surface area contributed by atoms with E-state index in [0.717, 1.165) is 18.8 Å². The predicted molar refractivity (Wildman–Crippen MR) is 112 cm³/mol. The van der Waals surface area contributed by atoms with Crippen LogP contribution in [-0.4, -0.2) is 38.2 Å². The zero-order valence-corrected chi connectivity index (χ0v) is 16.7. The summed E-state index contributed by atoms with van der Waals surface area (Å²) >= 11 is 0. The van der Waals surface area contributed by atoms with Gasteiger partial charge in [0.25, 0.3) is 0 Å². The number of halogens is 1. The van der Waals surface area contributed by atoms with Crippen molar-refractivity contribution >= 4 is 29.4 Å². The highest BCUT2D eigenvalue weighted by atomic mass is 19.1. The van der Waals surface area contributed by atoms with Crippen molar-refractivity contribution < 1.29 is 18.7 Å². The van der Waals surface area contributed by atoms with Gasteiger partial charge in [-0.2, -0.15) is 5.10 Å². The summed E-state index contributed by atoms with van der Waals surface area (Å²) in [7, 11) is 1.57. The number of amides is 2. The van der Waals surface area contributed by atoms with Crippen LogP contribution < -0.4 is 20.4 Å². The number of carbonyl (C=O) groups is 2. The van der Waals surface area contributed by atoms with Crippen LogP contribution >= 0.6 is 0 Å². The average molecular weight is 400 g/mol. The summed E-state index contributed by atoms with van der Waals surface area (Å²) in [6.07, 6.45) is 1.05. The third kappa shape index (κ3) is 6.60. The van der Waals surface area contributed by atoms with Crippen LogP contribution in [0.15, 0.2) is 47.6 Å². The monoisotopic (exact) mass is 400 g/mol. The van der Waals surface area contributed by atoms with Gasteiger partial charge in [-0.05, 0) is 50.2 Å². The topological polar surface area (TPSA) is 83.0 Å². The Morgan fingerprint density at radius 3 is 2.41 bits per heavy atom. The van der Waals surface area contributed by atoms with E-state index in [1.165, 1.54) is 30.5 Å². The number of ether oxygens (including phenoxy) is 1. The molecule has 2 aromatic rings. The number of hydrogen-bond acceptors (Lipinski definition) is 5. The van der Waals surface area contributed by atoms with Gasteiger partial charge in [-0.25, -0.2) is 9.82 Å². The molecule has 0 fully saturated rings. The molecule has 8 heteroatoms. The molecule has 2 aromatic carbocycles. The van der Waals surface area contributed by atoms with Crippen LogP contribution in [0.5, 0.6) is 5.75 Å². The molecular formula is C21H25FN4O3. The van der Waals surface area contributed by atoms with E-state index in [-0.39, 0.29) is 0 Å². The second-order valence-electron chi connectivity index (χ2n) is 6.12. The summed E-state index contributed by atoms with van der Waals surface area (Å²) < 4.78 is 18.3. The van der Waals surface area contributed by atoms with Gasteiger partial charge in [0.15, 0.2) is 0 Å². The first-order valence-electron chi connectivity index (χ1n) is 9.27. The number of carbonyl (C=O) groups excluding carboxylic acids is 2. The molecule has 2 N–H and O–H groups in total. The fraction of sp³-hybridized carbons (Fsp3) is 0.286. The number of anilines is 2. The van der Waals surface area contributed by atoms with Crippen LogP contribution in [0.25, 0.3) is 0 Å². The quantitative estimate of drug-likeness (QED) is 0.385.